The van der Waals surface area contributed by atoms with E-state index in [4.69, 9.17) is 4.42 Å². The van der Waals surface area contributed by atoms with Crippen LogP contribution in [0.25, 0.3) is 0 Å². The van der Waals surface area contributed by atoms with Gasteiger partial charge >= 0.3 is 0 Å². The van der Waals surface area contributed by atoms with Gasteiger partial charge in [-0.15, -0.1) is 0 Å². The zero-order chi connectivity index (χ0) is 18.2. The van der Waals surface area contributed by atoms with Gasteiger partial charge in [-0.3, -0.25) is 14.5 Å². The first kappa shape index (κ1) is 18.2. The number of nitrogens with one attached hydrogen (secondary N) is 2. The van der Waals surface area contributed by atoms with Crippen LogP contribution in [-0.2, 0) is 4.79 Å². The van der Waals surface area contributed by atoms with Gasteiger partial charge in [0.25, 0.3) is 5.91 Å². The lowest BCUT2D eigenvalue weighted by Crippen LogP contribution is -2.37. The molecular weight excluding hydrogens is 330 g/mol. The van der Waals surface area contributed by atoms with Crippen molar-refractivity contribution in [2.75, 3.05) is 26.2 Å². The third-order valence-corrected chi connectivity index (χ3v) is 4.62. The Bertz CT molecular complexity index is 694. The lowest BCUT2D eigenvalue weighted by Gasteiger charge is -2.26. The number of amides is 2. The van der Waals surface area contributed by atoms with Crippen LogP contribution in [0.4, 0.5) is 0 Å². The summed E-state index contributed by atoms with van der Waals surface area (Å²) >= 11 is 0. The lowest BCUT2D eigenvalue weighted by molar-refractivity contribution is -0.121. The normalized spacial score (nSPS) is 15.5. The van der Waals surface area contributed by atoms with Gasteiger partial charge in [0.1, 0.15) is 5.76 Å². The Balaban J connectivity index is 1.43. The van der Waals surface area contributed by atoms with Crippen LogP contribution < -0.4 is 10.6 Å². The second kappa shape index (κ2) is 9.20. The minimum Gasteiger partial charge on any atom is -0.468 e. The van der Waals surface area contributed by atoms with Gasteiger partial charge in [0.2, 0.25) is 5.91 Å². The van der Waals surface area contributed by atoms with Crippen LogP contribution in [0.2, 0.25) is 0 Å². The van der Waals surface area contributed by atoms with Crippen molar-refractivity contribution >= 4 is 11.8 Å². The molecule has 2 amide bonds. The SMILES string of the molecule is O=C(CCNC(=O)c1ccccc1)NCC(c1ccco1)N1CCCC1. The highest BCUT2D eigenvalue weighted by atomic mass is 16.3. The molecule has 1 unspecified atom stereocenters. The number of likely N-dealkylation sites (tertiary alicyclic amines) is 1. The van der Waals surface area contributed by atoms with E-state index < -0.39 is 0 Å². The Morgan fingerprint density at radius 1 is 1.04 bits per heavy atom. The van der Waals surface area contributed by atoms with Crippen molar-refractivity contribution in [3.8, 4) is 0 Å². The van der Waals surface area contributed by atoms with E-state index in [1.807, 2.05) is 30.3 Å². The second-order valence-corrected chi connectivity index (χ2v) is 6.45. The lowest BCUT2D eigenvalue weighted by atomic mass is 10.2. The standard InChI is InChI=1S/C20H25N3O3/c24-19(10-11-21-20(25)16-7-2-1-3-8-16)22-15-17(18-9-6-14-26-18)23-12-4-5-13-23/h1-3,6-9,14,17H,4-5,10-13,15H2,(H,21,25)(H,22,24). The van der Waals surface area contributed by atoms with E-state index in [0.717, 1.165) is 18.8 Å². The molecule has 2 heterocycles. The third kappa shape index (κ3) is 4.95. The average molecular weight is 355 g/mol. The number of hydrogen-bond acceptors (Lipinski definition) is 4. The molecule has 0 aliphatic carbocycles. The van der Waals surface area contributed by atoms with Crippen LogP contribution in [0.1, 0.15) is 41.4 Å². The molecule has 138 valence electrons. The summed E-state index contributed by atoms with van der Waals surface area (Å²) in [6.45, 7) is 2.87. The molecule has 1 aromatic heterocycles. The molecule has 1 aliphatic rings. The summed E-state index contributed by atoms with van der Waals surface area (Å²) in [6.07, 6.45) is 4.27. The maximum absolute atomic E-state index is 12.1. The summed E-state index contributed by atoms with van der Waals surface area (Å²) < 4.78 is 5.55. The van der Waals surface area contributed by atoms with E-state index in [1.54, 1.807) is 18.4 Å². The monoisotopic (exact) mass is 355 g/mol. The van der Waals surface area contributed by atoms with E-state index in [9.17, 15) is 9.59 Å². The molecule has 1 fully saturated rings. The van der Waals surface area contributed by atoms with Gasteiger partial charge in [-0.1, -0.05) is 18.2 Å². The summed E-state index contributed by atoms with van der Waals surface area (Å²) in [6, 6.07) is 12.9. The Labute approximate surface area is 153 Å². The van der Waals surface area contributed by atoms with Crippen molar-refractivity contribution in [3.05, 3.63) is 60.1 Å². The van der Waals surface area contributed by atoms with Crippen molar-refractivity contribution in [1.29, 1.82) is 0 Å². The molecule has 0 saturated carbocycles. The van der Waals surface area contributed by atoms with Crippen molar-refractivity contribution in [3.63, 3.8) is 0 Å². The molecule has 3 rings (SSSR count). The zero-order valence-electron chi connectivity index (χ0n) is 14.8. The van der Waals surface area contributed by atoms with Gasteiger partial charge in [-0.05, 0) is 50.2 Å². The third-order valence-electron chi connectivity index (χ3n) is 4.62. The molecule has 6 heteroatoms. The van der Waals surface area contributed by atoms with Crippen LogP contribution >= 0.6 is 0 Å². The average Bonchev–Trinajstić information content (AvgIpc) is 3.37. The van der Waals surface area contributed by atoms with E-state index in [2.05, 4.69) is 15.5 Å². The predicted octanol–water partition coefficient (Wildman–Crippen LogP) is 2.35. The number of carbonyl (C=O) groups is 2. The molecule has 1 aromatic carbocycles. The predicted molar refractivity (Wildman–Crippen MR) is 98.7 cm³/mol. The molecule has 1 aliphatic heterocycles. The second-order valence-electron chi connectivity index (χ2n) is 6.45. The van der Waals surface area contributed by atoms with Crippen LogP contribution in [0.15, 0.2) is 53.1 Å². The first-order valence-corrected chi connectivity index (χ1v) is 9.11. The summed E-state index contributed by atoms with van der Waals surface area (Å²) in [7, 11) is 0. The first-order valence-electron chi connectivity index (χ1n) is 9.11. The molecule has 6 nitrogen and oxygen atoms in total. The largest absolute Gasteiger partial charge is 0.468 e. The van der Waals surface area contributed by atoms with Gasteiger partial charge in [0.15, 0.2) is 0 Å². The number of rotatable bonds is 8. The van der Waals surface area contributed by atoms with Crippen LogP contribution in [0.3, 0.4) is 0 Å². The van der Waals surface area contributed by atoms with Crippen LogP contribution in [-0.4, -0.2) is 42.9 Å². The summed E-state index contributed by atoms with van der Waals surface area (Å²) in [4.78, 5) is 26.4. The van der Waals surface area contributed by atoms with E-state index in [1.165, 1.54) is 12.8 Å². The highest BCUT2D eigenvalue weighted by Gasteiger charge is 2.25. The van der Waals surface area contributed by atoms with E-state index >= 15 is 0 Å². The highest BCUT2D eigenvalue weighted by Crippen LogP contribution is 2.24. The van der Waals surface area contributed by atoms with Crippen molar-refractivity contribution in [2.24, 2.45) is 0 Å². The van der Waals surface area contributed by atoms with Gasteiger partial charge in [0, 0.05) is 25.1 Å². The molecule has 0 radical (unpaired) electrons. The molecular formula is C20H25N3O3. The van der Waals surface area contributed by atoms with Gasteiger partial charge in [-0.2, -0.15) is 0 Å². The minimum atomic E-state index is -0.163. The Morgan fingerprint density at radius 2 is 1.81 bits per heavy atom. The molecule has 0 spiro atoms. The van der Waals surface area contributed by atoms with Gasteiger partial charge in [-0.25, -0.2) is 0 Å². The quantitative estimate of drug-likeness (QED) is 0.762. The first-order chi connectivity index (χ1) is 12.7. The molecule has 26 heavy (non-hydrogen) atoms. The van der Waals surface area contributed by atoms with Crippen molar-refractivity contribution in [1.82, 2.24) is 15.5 Å². The maximum Gasteiger partial charge on any atom is 0.251 e. The number of furan rings is 1. The van der Waals surface area contributed by atoms with Gasteiger partial charge in [0.05, 0.1) is 12.3 Å². The summed E-state index contributed by atoms with van der Waals surface area (Å²) in [5.74, 6) is 0.641. The summed E-state index contributed by atoms with van der Waals surface area (Å²) in [5, 5.41) is 5.74. The molecule has 2 aromatic rings. The molecule has 1 saturated heterocycles. The Kier molecular flexibility index (Phi) is 6.44. The van der Waals surface area contributed by atoms with Crippen LogP contribution in [0.5, 0.6) is 0 Å². The number of carbonyl (C=O) groups excluding carboxylic acids is 2. The van der Waals surface area contributed by atoms with E-state index in [0.29, 0.717) is 18.7 Å². The van der Waals surface area contributed by atoms with Crippen molar-refractivity contribution < 1.29 is 14.0 Å². The number of nitrogens with zero attached hydrogens (tertiary/aromatic N) is 1. The topological polar surface area (TPSA) is 74.6 Å². The Morgan fingerprint density at radius 3 is 2.50 bits per heavy atom. The van der Waals surface area contributed by atoms with E-state index in [-0.39, 0.29) is 24.3 Å². The fraction of sp³-hybridized carbons (Fsp3) is 0.400. The van der Waals surface area contributed by atoms with Crippen molar-refractivity contribution in [2.45, 2.75) is 25.3 Å². The van der Waals surface area contributed by atoms with Crippen LogP contribution in [0, 0.1) is 0 Å². The maximum atomic E-state index is 12.1. The number of benzene rings is 1. The molecule has 2 N–H and O–H groups in total. The molecule has 1 atom stereocenters. The fourth-order valence-electron chi connectivity index (χ4n) is 3.22. The minimum absolute atomic E-state index is 0.0651. The summed E-state index contributed by atoms with van der Waals surface area (Å²) in [5.41, 5.74) is 0.597. The number of hydrogen-bond donors (Lipinski definition) is 2. The fourth-order valence-corrected chi connectivity index (χ4v) is 3.22. The highest BCUT2D eigenvalue weighted by molar-refractivity contribution is 5.94. The Hall–Kier alpha value is -2.60. The van der Waals surface area contributed by atoms with Gasteiger partial charge < -0.3 is 15.1 Å². The smallest absolute Gasteiger partial charge is 0.251 e. The zero-order valence-corrected chi connectivity index (χ0v) is 14.8. The molecule has 0 bridgehead atoms.